The van der Waals surface area contributed by atoms with Gasteiger partial charge in [-0.3, -0.25) is 0 Å². The summed E-state index contributed by atoms with van der Waals surface area (Å²) < 4.78 is 11.5. The molecule has 1 aliphatic rings. The Kier molecular flexibility index (Phi) is 4.24. The van der Waals surface area contributed by atoms with Crippen molar-refractivity contribution >= 4 is 12.6 Å². The highest BCUT2D eigenvalue weighted by atomic mass is 16.5. The van der Waals surface area contributed by atoms with Gasteiger partial charge in [0.15, 0.2) is 0 Å². The van der Waals surface area contributed by atoms with E-state index in [1.807, 2.05) is 12.1 Å². The van der Waals surface area contributed by atoms with Crippen molar-refractivity contribution in [3.8, 4) is 5.75 Å². The van der Waals surface area contributed by atoms with Crippen molar-refractivity contribution in [1.82, 2.24) is 0 Å². The van der Waals surface area contributed by atoms with E-state index in [0.29, 0.717) is 24.4 Å². The third-order valence-electron chi connectivity index (χ3n) is 3.68. The molecule has 5 heteroatoms. The summed E-state index contributed by atoms with van der Waals surface area (Å²) in [5, 5.41) is 18.7. The van der Waals surface area contributed by atoms with Crippen molar-refractivity contribution in [3.63, 3.8) is 0 Å². The largest absolute Gasteiger partial charge is 0.492 e. The summed E-state index contributed by atoms with van der Waals surface area (Å²) >= 11 is 0. The fourth-order valence-corrected chi connectivity index (χ4v) is 2.61. The molecular weight excluding hydrogens is 267 g/mol. The molecule has 0 fully saturated rings. The third kappa shape index (κ3) is 3.10. The van der Waals surface area contributed by atoms with E-state index >= 15 is 0 Å². The van der Waals surface area contributed by atoms with Crippen LogP contribution in [0.5, 0.6) is 5.75 Å². The lowest BCUT2D eigenvalue weighted by atomic mass is 9.79. The van der Waals surface area contributed by atoms with Crippen LogP contribution in [-0.2, 0) is 11.2 Å². The van der Waals surface area contributed by atoms with Gasteiger partial charge in [0.2, 0.25) is 0 Å². The molecule has 0 aromatic heterocycles. The Labute approximate surface area is 124 Å². The average Bonchev–Trinajstić information content (AvgIpc) is 2.53. The third-order valence-corrected chi connectivity index (χ3v) is 3.68. The van der Waals surface area contributed by atoms with Gasteiger partial charge in [-0.2, -0.15) is 0 Å². The zero-order chi connectivity index (χ0) is 14.7. The SMILES string of the molecule is OB(O)c1ccccc1OCC1OCCc2ccccc21. The first-order chi connectivity index (χ1) is 10.3. The van der Waals surface area contributed by atoms with Crippen LogP contribution in [0.25, 0.3) is 0 Å². The Hall–Kier alpha value is -1.82. The lowest BCUT2D eigenvalue weighted by Crippen LogP contribution is -2.32. The second kappa shape index (κ2) is 6.31. The predicted octanol–water partition coefficient (Wildman–Crippen LogP) is 1.06. The van der Waals surface area contributed by atoms with E-state index < -0.39 is 7.12 Å². The molecule has 108 valence electrons. The monoisotopic (exact) mass is 284 g/mol. The summed E-state index contributed by atoms with van der Waals surface area (Å²) in [6.07, 6.45) is 0.789. The summed E-state index contributed by atoms with van der Waals surface area (Å²) in [6, 6.07) is 15.1. The number of hydrogen-bond donors (Lipinski definition) is 2. The molecule has 2 N–H and O–H groups in total. The highest BCUT2D eigenvalue weighted by Crippen LogP contribution is 2.27. The Morgan fingerprint density at radius 1 is 1.10 bits per heavy atom. The van der Waals surface area contributed by atoms with Crippen LogP contribution in [0, 0.1) is 0 Å². The minimum Gasteiger partial charge on any atom is -0.491 e. The normalized spacial score (nSPS) is 17.1. The predicted molar refractivity (Wildman–Crippen MR) is 80.6 cm³/mol. The molecule has 21 heavy (non-hydrogen) atoms. The summed E-state index contributed by atoms with van der Waals surface area (Å²) in [6.45, 7) is 1.02. The Morgan fingerprint density at radius 2 is 1.86 bits per heavy atom. The molecule has 0 spiro atoms. The molecule has 1 aliphatic heterocycles. The molecule has 1 heterocycles. The quantitative estimate of drug-likeness (QED) is 0.824. The first kappa shape index (κ1) is 14.1. The fraction of sp³-hybridized carbons (Fsp3) is 0.250. The van der Waals surface area contributed by atoms with Crippen LogP contribution >= 0.6 is 0 Å². The minimum atomic E-state index is -1.54. The van der Waals surface area contributed by atoms with E-state index in [1.165, 1.54) is 5.56 Å². The Balaban J connectivity index is 1.75. The molecule has 0 aliphatic carbocycles. The van der Waals surface area contributed by atoms with Gasteiger partial charge in [-0.15, -0.1) is 0 Å². The Morgan fingerprint density at radius 3 is 2.71 bits per heavy atom. The molecule has 1 atom stereocenters. The summed E-state index contributed by atoms with van der Waals surface area (Å²) in [5.74, 6) is 0.471. The summed E-state index contributed by atoms with van der Waals surface area (Å²) in [5.41, 5.74) is 2.79. The number of hydrogen-bond acceptors (Lipinski definition) is 4. The molecule has 2 aromatic carbocycles. The molecule has 1 unspecified atom stereocenters. The standard InChI is InChI=1S/C16H17BO4/c18-17(19)14-7-3-4-8-15(14)21-11-16-13-6-2-1-5-12(13)9-10-20-16/h1-8,16,18-19H,9-11H2. The van der Waals surface area contributed by atoms with Crippen molar-refractivity contribution < 1.29 is 19.5 Å². The van der Waals surface area contributed by atoms with E-state index in [4.69, 9.17) is 9.47 Å². The molecule has 0 radical (unpaired) electrons. The van der Waals surface area contributed by atoms with Gasteiger partial charge < -0.3 is 19.5 Å². The highest BCUT2D eigenvalue weighted by Gasteiger charge is 2.22. The van der Waals surface area contributed by atoms with E-state index in [9.17, 15) is 10.0 Å². The average molecular weight is 284 g/mol. The van der Waals surface area contributed by atoms with Crippen molar-refractivity contribution in [2.45, 2.75) is 12.5 Å². The van der Waals surface area contributed by atoms with Crippen LogP contribution in [0.4, 0.5) is 0 Å². The van der Waals surface area contributed by atoms with E-state index in [-0.39, 0.29) is 6.10 Å². The maximum Gasteiger partial charge on any atom is 0.492 e. The Bertz CT molecular complexity index is 615. The van der Waals surface area contributed by atoms with Gasteiger partial charge in [-0.25, -0.2) is 0 Å². The number of para-hydroxylation sites is 1. The second-order valence-corrected chi connectivity index (χ2v) is 5.03. The molecule has 0 saturated carbocycles. The van der Waals surface area contributed by atoms with Crippen molar-refractivity contribution in [1.29, 1.82) is 0 Å². The first-order valence-electron chi connectivity index (χ1n) is 7.03. The van der Waals surface area contributed by atoms with E-state index in [1.54, 1.807) is 24.3 Å². The highest BCUT2D eigenvalue weighted by molar-refractivity contribution is 6.59. The van der Waals surface area contributed by atoms with Crippen molar-refractivity contribution in [2.24, 2.45) is 0 Å². The van der Waals surface area contributed by atoms with Gasteiger partial charge in [-0.1, -0.05) is 42.5 Å². The van der Waals surface area contributed by atoms with Crippen LogP contribution in [0.1, 0.15) is 17.2 Å². The van der Waals surface area contributed by atoms with Crippen molar-refractivity contribution in [3.05, 3.63) is 59.7 Å². The zero-order valence-electron chi connectivity index (χ0n) is 11.6. The zero-order valence-corrected chi connectivity index (χ0v) is 11.6. The minimum absolute atomic E-state index is 0.126. The topological polar surface area (TPSA) is 58.9 Å². The first-order valence-corrected chi connectivity index (χ1v) is 7.03. The molecule has 2 aromatic rings. The number of ether oxygens (including phenoxy) is 2. The van der Waals surface area contributed by atoms with Gasteiger partial charge in [0, 0.05) is 5.46 Å². The lowest BCUT2D eigenvalue weighted by Gasteiger charge is -2.26. The van der Waals surface area contributed by atoms with Gasteiger partial charge in [0.05, 0.1) is 6.61 Å². The molecule has 0 amide bonds. The number of fused-ring (bicyclic) bond motifs is 1. The van der Waals surface area contributed by atoms with Gasteiger partial charge in [0.1, 0.15) is 18.5 Å². The van der Waals surface area contributed by atoms with Crippen LogP contribution < -0.4 is 10.2 Å². The van der Waals surface area contributed by atoms with Crippen LogP contribution in [0.2, 0.25) is 0 Å². The molecule has 0 bridgehead atoms. The van der Waals surface area contributed by atoms with Crippen LogP contribution in [0.3, 0.4) is 0 Å². The molecular formula is C16H17BO4. The maximum absolute atomic E-state index is 9.34. The maximum atomic E-state index is 9.34. The second-order valence-electron chi connectivity index (χ2n) is 5.03. The number of benzene rings is 2. The van der Waals surface area contributed by atoms with Crippen LogP contribution in [0.15, 0.2) is 48.5 Å². The smallest absolute Gasteiger partial charge is 0.491 e. The van der Waals surface area contributed by atoms with E-state index in [0.717, 1.165) is 12.0 Å². The lowest BCUT2D eigenvalue weighted by molar-refractivity contribution is 0.0104. The van der Waals surface area contributed by atoms with Gasteiger partial charge >= 0.3 is 7.12 Å². The van der Waals surface area contributed by atoms with Crippen LogP contribution in [-0.4, -0.2) is 30.4 Å². The number of rotatable bonds is 4. The fourth-order valence-electron chi connectivity index (χ4n) is 2.61. The molecule has 0 saturated heterocycles. The van der Waals surface area contributed by atoms with Gasteiger partial charge in [0.25, 0.3) is 0 Å². The summed E-state index contributed by atoms with van der Waals surface area (Å²) in [7, 11) is -1.54. The van der Waals surface area contributed by atoms with Crippen molar-refractivity contribution in [2.75, 3.05) is 13.2 Å². The van der Waals surface area contributed by atoms with Gasteiger partial charge in [-0.05, 0) is 23.6 Å². The van der Waals surface area contributed by atoms with E-state index in [2.05, 4.69) is 12.1 Å². The molecule has 4 nitrogen and oxygen atoms in total. The molecule has 3 rings (SSSR count). The summed E-state index contributed by atoms with van der Waals surface area (Å²) in [4.78, 5) is 0.